The Morgan fingerprint density at radius 3 is 2.63 bits per heavy atom. The van der Waals surface area contributed by atoms with E-state index >= 15 is 0 Å². The third kappa shape index (κ3) is 4.15. The molecule has 2 aromatic heterocycles. The summed E-state index contributed by atoms with van der Waals surface area (Å²) in [7, 11) is 0. The lowest BCUT2D eigenvalue weighted by Gasteiger charge is -2.26. The zero-order valence-electron chi connectivity index (χ0n) is 21.8. The summed E-state index contributed by atoms with van der Waals surface area (Å²) in [6.07, 6.45) is 9.47. The lowest BCUT2D eigenvalue weighted by molar-refractivity contribution is 0.0957. The second kappa shape index (κ2) is 9.55. The first kappa shape index (κ1) is 23.4. The van der Waals surface area contributed by atoms with Gasteiger partial charge in [-0.05, 0) is 99.0 Å². The summed E-state index contributed by atoms with van der Waals surface area (Å²) in [4.78, 5) is 19.8. The van der Waals surface area contributed by atoms with Crippen LogP contribution in [0.4, 0.5) is 0 Å². The molecule has 2 aliphatic heterocycles. The van der Waals surface area contributed by atoms with Crippen LogP contribution in [0.15, 0.2) is 42.6 Å². The van der Waals surface area contributed by atoms with Crippen LogP contribution in [0.3, 0.4) is 0 Å². The Balaban J connectivity index is 1.23. The van der Waals surface area contributed by atoms with Crippen LogP contribution in [-0.2, 0) is 12.8 Å². The van der Waals surface area contributed by atoms with Gasteiger partial charge in [-0.25, -0.2) is 4.98 Å². The molecular formula is C31H33N5O2. The first-order valence-corrected chi connectivity index (χ1v) is 13.9. The molecule has 7 heteroatoms. The normalized spacial score (nSPS) is 19.8. The molecule has 194 valence electrons. The third-order valence-corrected chi connectivity index (χ3v) is 8.58. The minimum absolute atomic E-state index is 0.104. The van der Waals surface area contributed by atoms with Gasteiger partial charge in [-0.15, -0.1) is 0 Å². The Bertz CT molecular complexity index is 1540. The number of hydrogen-bond donors (Lipinski definition) is 2. The van der Waals surface area contributed by atoms with Gasteiger partial charge in [0.25, 0.3) is 5.91 Å². The average Bonchev–Trinajstić information content (AvgIpc) is 3.53. The van der Waals surface area contributed by atoms with Gasteiger partial charge >= 0.3 is 0 Å². The zero-order valence-corrected chi connectivity index (χ0v) is 21.8. The first-order chi connectivity index (χ1) is 18.6. The number of carbonyl (C=O) groups excluding carboxylic acids is 1. The molecule has 1 unspecified atom stereocenters. The number of hydrogen-bond acceptors (Lipinski definition) is 5. The number of aromatic nitrogens is 3. The van der Waals surface area contributed by atoms with Crippen molar-refractivity contribution in [3.8, 4) is 28.1 Å². The van der Waals surface area contributed by atoms with Gasteiger partial charge in [0.05, 0.1) is 17.8 Å². The molecule has 4 aromatic rings. The van der Waals surface area contributed by atoms with Crippen molar-refractivity contribution < 1.29 is 9.53 Å². The van der Waals surface area contributed by atoms with E-state index in [1.807, 2.05) is 24.4 Å². The summed E-state index contributed by atoms with van der Waals surface area (Å²) in [5.41, 5.74) is 9.68. The maximum absolute atomic E-state index is 12.3. The van der Waals surface area contributed by atoms with Gasteiger partial charge in [-0.3, -0.25) is 9.89 Å². The van der Waals surface area contributed by atoms with E-state index < -0.39 is 0 Å². The number of rotatable bonds is 3. The number of ether oxygens (including phenoxy) is 1. The van der Waals surface area contributed by atoms with Crippen LogP contribution in [-0.4, -0.2) is 58.3 Å². The monoisotopic (exact) mass is 507 g/mol. The minimum Gasteiger partial charge on any atom is -0.491 e. The SMILES string of the molecule is Cc1cc2c(cc1-c1cnc3n[nH]c(-c4ccc5c(c4)OCCNC5=O)c3c1)CCC(N1CCCC1)CC2. The molecule has 1 fully saturated rings. The van der Waals surface area contributed by atoms with Crippen molar-refractivity contribution >= 4 is 16.9 Å². The number of aryl methyl sites for hydroxylation is 3. The van der Waals surface area contributed by atoms with Crippen molar-refractivity contribution in [1.29, 1.82) is 0 Å². The van der Waals surface area contributed by atoms with Crippen LogP contribution in [0.5, 0.6) is 5.75 Å². The highest BCUT2D eigenvalue weighted by Crippen LogP contribution is 2.35. The standard InChI is InChI=1S/C31H33N5O2/c1-19-14-20-4-7-24(36-11-2-3-12-36)8-5-21(20)15-26(19)23-16-27-29(34-35-30(27)33-18-23)22-6-9-25-28(17-22)38-13-10-32-31(25)37/h6,9,14-18,24H,2-5,7-8,10-13H2,1H3,(H,32,37)(H,33,34,35). The summed E-state index contributed by atoms with van der Waals surface area (Å²) in [5.74, 6) is 0.492. The molecule has 0 spiro atoms. The third-order valence-electron chi connectivity index (χ3n) is 8.58. The number of carbonyl (C=O) groups is 1. The summed E-state index contributed by atoms with van der Waals surface area (Å²) < 4.78 is 5.85. The lowest BCUT2D eigenvalue weighted by Crippen LogP contribution is -2.32. The minimum atomic E-state index is -0.104. The van der Waals surface area contributed by atoms with Crippen LogP contribution >= 0.6 is 0 Å². The summed E-state index contributed by atoms with van der Waals surface area (Å²) in [5, 5.41) is 11.5. The van der Waals surface area contributed by atoms with Gasteiger partial charge in [-0.2, -0.15) is 5.10 Å². The summed E-state index contributed by atoms with van der Waals surface area (Å²) in [6, 6.07) is 13.4. The highest BCUT2D eigenvalue weighted by molar-refractivity contribution is 5.99. The van der Waals surface area contributed by atoms with Gasteiger partial charge in [0, 0.05) is 28.8 Å². The van der Waals surface area contributed by atoms with E-state index in [2.05, 4.69) is 45.5 Å². The number of benzene rings is 2. The smallest absolute Gasteiger partial charge is 0.255 e. The number of aromatic amines is 1. The van der Waals surface area contributed by atoms with Gasteiger partial charge in [0.1, 0.15) is 12.4 Å². The van der Waals surface area contributed by atoms with Crippen molar-refractivity contribution in [2.75, 3.05) is 26.2 Å². The van der Waals surface area contributed by atoms with Crippen molar-refractivity contribution in [2.24, 2.45) is 0 Å². The Hall–Kier alpha value is -3.71. The first-order valence-electron chi connectivity index (χ1n) is 13.9. The van der Waals surface area contributed by atoms with Gasteiger partial charge in [-0.1, -0.05) is 18.2 Å². The molecule has 1 atom stereocenters. The average molecular weight is 508 g/mol. The molecule has 1 saturated heterocycles. The molecule has 0 bridgehead atoms. The number of likely N-dealkylation sites (tertiary alicyclic amines) is 1. The Morgan fingerprint density at radius 2 is 1.79 bits per heavy atom. The van der Waals surface area contributed by atoms with Crippen LogP contribution < -0.4 is 10.1 Å². The topological polar surface area (TPSA) is 83.1 Å². The molecular weight excluding hydrogens is 474 g/mol. The Labute approximate surface area is 222 Å². The van der Waals surface area contributed by atoms with Crippen LogP contribution in [0, 0.1) is 6.92 Å². The molecule has 2 aromatic carbocycles. The van der Waals surface area contributed by atoms with Crippen molar-refractivity contribution in [3.63, 3.8) is 0 Å². The Kier molecular flexibility index (Phi) is 5.88. The van der Waals surface area contributed by atoms with E-state index in [-0.39, 0.29) is 5.91 Å². The molecule has 4 heterocycles. The fourth-order valence-electron chi connectivity index (χ4n) is 6.52. The fraction of sp³-hybridized carbons (Fsp3) is 0.387. The molecule has 38 heavy (non-hydrogen) atoms. The number of fused-ring (bicyclic) bond motifs is 3. The van der Waals surface area contributed by atoms with Crippen LogP contribution in [0.25, 0.3) is 33.4 Å². The highest BCUT2D eigenvalue weighted by atomic mass is 16.5. The molecule has 3 aliphatic rings. The zero-order chi connectivity index (χ0) is 25.6. The number of nitrogens with zero attached hydrogens (tertiary/aromatic N) is 3. The molecule has 7 rings (SSSR count). The van der Waals surface area contributed by atoms with Gasteiger partial charge in [0.2, 0.25) is 0 Å². The predicted octanol–water partition coefficient (Wildman–Crippen LogP) is 5.07. The predicted molar refractivity (Wildman–Crippen MR) is 149 cm³/mol. The largest absolute Gasteiger partial charge is 0.491 e. The molecule has 0 radical (unpaired) electrons. The maximum atomic E-state index is 12.3. The number of nitrogens with one attached hydrogen (secondary N) is 2. The quantitative estimate of drug-likeness (QED) is 0.379. The van der Waals surface area contributed by atoms with E-state index in [4.69, 9.17) is 9.72 Å². The number of pyridine rings is 1. The van der Waals surface area contributed by atoms with Gasteiger partial charge < -0.3 is 15.0 Å². The second-order valence-corrected chi connectivity index (χ2v) is 10.9. The van der Waals surface area contributed by atoms with Crippen molar-refractivity contribution in [1.82, 2.24) is 25.4 Å². The van der Waals surface area contributed by atoms with Gasteiger partial charge in [0.15, 0.2) is 5.65 Å². The molecule has 2 N–H and O–H groups in total. The maximum Gasteiger partial charge on any atom is 0.255 e. The van der Waals surface area contributed by atoms with E-state index in [0.29, 0.717) is 30.1 Å². The molecule has 1 aliphatic carbocycles. The summed E-state index contributed by atoms with van der Waals surface area (Å²) in [6.45, 7) is 5.71. The van der Waals surface area contributed by atoms with E-state index in [1.165, 1.54) is 67.4 Å². The second-order valence-electron chi connectivity index (χ2n) is 10.9. The molecule has 0 saturated carbocycles. The lowest BCUT2D eigenvalue weighted by atomic mass is 9.92. The summed E-state index contributed by atoms with van der Waals surface area (Å²) >= 11 is 0. The van der Waals surface area contributed by atoms with Crippen LogP contribution in [0.2, 0.25) is 0 Å². The van der Waals surface area contributed by atoms with E-state index in [1.54, 1.807) is 0 Å². The molecule has 7 nitrogen and oxygen atoms in total. The van der Waals surface area contributed by atoms with Crippen molar-refractivity contribution in [3.05, 3.63) is 64.8 Å². The molecule has 1 amide bonds. The van der Waals surface area contributed by atoms with E-state index in [9.17, 15) is 4.79 Å². The highest BCUT2D eigenvalue weighted by Gasteiger charge is 2.25. The number of amides is 1. The van der Waals surface area contributed by atoms with Crippen LogP contribution in [0.1, 0.15) is 52.7 Å². The Morgan fingerprint density at radius 1 is 0.974 bits per heavy atom. The van der Waals surface area contributed by atoms with E-state index in [0.717, 1.165) is 34.7 Å². The fourth-order valence-corrected chi connectivity index (χ4v) is 6.52. The number of H-pyrrole nitrogens is 1. The van der Waals surface area contributed by atoms with Crippen molar-refractivity contribution in [2.45, 2.75) is 51.5 Å².